The molecule has 1 heterocycles. The van der Waals surface area contributed by atoms with Crippen LogP contribution in [0.4, 0.5) is 0 Å². The largest absolute Gasteiger partial charge is 0.348 e. The second-order valence-corrected chi connectivity index (χ2v) is 5.79. The van der Waals surface area contributed by atoms with E-state index in [9.17, 15) is 4.79 Å². The van der Waals surface area contributed by atoms with E-state index in [1.807, 2.05) is 49.4 Å². The molecule has 122 valence electrons. The Hall–Kier alpha value is -2.73. The van der Waals surface area contributed by atoms with Crippen LogP contribution in [0.1, 0.15) is 18.5 Å². The Balaban J connectivity index is 1.63. The maximum atomic E-state index is 12.1. The summed E-state index contributed by atoms with van der Waals surface area (Å²) in [6.07, 6.45) is 0. The lowest BCUT2D eigenvalue weighted by molar-refractivity contribution is -0.122. The second-order valence-electron chi connectivity index (χ2n) is 5.35. The van der Waals surface area contributed by atoms with E-state index in [4.69, 9.17) is 11.6 Å². The molecule has 1 aromatic heterocycles. The number of carbonyl (C=O) groups is 1. The molecule has 0 saturated heterocycles. The van der Waals surface area contributed by atoms with Crippen molar-refractivity contribution >= 4 is 17.5 Å². The van der Waals surface area contributed by atoms with E-state index in [0.29, 0.717) is 10.8 Å². The number of tetrazole rings is 1. The van der Waals surface area contributed by atoms with Crippen LogP contribution in [0.2, 0.25) is 5.02 Å². The van der Waals surface area contributed by atoms with Gasteiger partial charge in [0.05, 0.1) is 6.04 Å². The van der Waals surface area contributed by atoms with Gasteiger partial charge in [0, 0.05) is 10.6 Å². The third-order valence-electron chi connectivity index (χ3n) is 3.50. The summed E-state index contributed by atoms with van der Waals surface area (Å²) in [4.78, 5) is 13.4. The molecule has 1 atom stereocenters. The Morgan fingerprint density at radius 3 is 2.75 bits per heavy atom. The molecule has 3 aromatic rings. The maximum absolute atomic E-state index is 12.1. The fraction of sp³-hybridized carbons (Fsp3) is 0.176. The van der Waals surface area contributed by atoms with Gasteiger partial charge >= 0.3 is 0 Å². The lowest BCUT2D eigenvalue weighted by atomic mass is 10.1. The number of halogens is 1. The third-order valence-corrected chi connectivity index (χ3v) is 3.73. The van der Waals surface area contributed by atoms with Crippen molar-refractivity contribution in [3.05, 3.63) is 65.2 Å². The van der Waals surface area contributed by atoms with Crippen LogP contribution in [-0.2, 0) is 11.3 Å². The van der Waals surface area contributed by atoms with Gasteiger partial charge in [-0.15, -0.1) is 10.2 Å². The molecule has 0 aliphatic carbocycles. The number of benzene rings is 2. The van der Waals surface area contributed by atoms with Gasteiger partial charge in [0.2, 0.25) is 11.7 Å². The molecule has 2 aromatic carbocycles. The fourth-order valence-electron chi connectivity index (χ4n) is 2.29. The van der Waals surface area contributed by atoms with Gasteiger partial charge in [0.1, 0.15) is 6.54 Å². The second kappa shape index (κ2) is 7.23. The van der Waals surface area contributed by atoms with Crippen LogP contribution >= 0.6 is 11.6 Å². The highest BCUT2D eigenvalue weighted by Crippen LogP contribution is 2.18. The summed E-state index contributed by atoms with van der Waals surface area (Å²) in [7, 11) is 0. The number of hydrogen-bond acceptors (Lipinski definition) is 4. The van der Waals surface area contributed by atoms with Gasteiger partial charge in [0.25, 0.3) is 0 Å². The molecule has 0 radical (unpaired) electrons. The van der Waals surface area contributed by atoms with E-state index in [1.165, 1.54) is 4.80 Å². The van der Waals surface area contributed by atoms with Crippen LogP contribution in [0.15, 0.2) is 54.6 Å². The van der Waals surface area contributed by atoms with Crippen LogP contribution in [0.5, 0.6) is 0 Å². The van der Waals surface area contributed by atoms with Crippen molar-refractivity contribution in [3.63, 3.8) is 0 Å². The highest BCUT2D eigenvalue weighted by Gasteiger charge is 2.12. The number of rotatable bonds is 5. The van der Waals surface area contributed by atoms with Crippen molar-refractivity contribution in [1.29, 1.82) is 0 Å². The molecule has 7 heteroatoms. The summed E-state index contributed by atoms with van der Waals surface area (Å²) in [6.45, 7) is 1.93. The Morgan fingerprint density at radius 1 is 1.21 bits per heavy atom. The van der Waals surface area contributed by atoms with Gasteiger partial charge in [-0.3, -0.25) is 4.79 Å². The lowest BCUT2D eigenvalue weighted by Crippen LogP contribution is -2.30. The Morgan fingerprint density at radius 2 is 2.00 bits per heavy atom. The smallest absolute Gasteiger partial charge is 0.244 e. The minimum absolute atomic E-state index is 0.00470. The number of aromatic nitrogens is 4. The summed E-state index contributed by atoms with van der Waals surface area (Å²) in [5.41, 5.74) is 1.80. The van der Waals surface area contributed by atoms with Crippen molar-refractivity contribution in [2.24, 2.45) is 0 Å². The Kier molecular flexibility index (Phi) is 4.86. The summed E-state index contributed by atoms with van der Waals surface area (Å²) in [6, 6.07) is 16.8. The molecule has 6 nitrogen and oxygen atoms in total. The van der Waals surface area contributed by atoms with Gasteiger partial charge in [-0.25, -0.2) is 0 Å². The molecule has 0 aliphatic rings. The number of carbonyl (C=O) groups excluding carboxylic acids is 1. The topological polar surface area (TPSA) is 72.7 Å². The molecule has 0 spiro atoms. The molecule has 24 heavy (non-hydrogen) atoms. The first-order chi connectivity index (χ1) is 11.6. The highest BCUT2D eigenvalue weighted by atomic mass is 35.5. The molecular formula is C17H16ClN5O. The standard InChI is InChI=1S/C17H16ClN5O/c1-12(13-6-3-2-4-7-13)19-16(24)11-23-21-17(20-22-23)14-8-5-9-15(18)10-14/h2-10,12H,11H2,1H3,(H,19,24). The average Bonchev–Trinajstić information content (AvgIpc) is 3.04. The zero-order valence-electron chi connectivity index (χ0n) is 13.1. The normalized spacial score (nSPS) is 11.9. The van der Waals surface area contributed by atoms with Crippen LogP contribution in [0.3, 0.4) is 0 Å². The Bertz CT molecular complexity index is 834. The predicted octanol–water partition coefficient (Wildman–Crippen LogP) is 2.87. The summed E-state index contributed by atoms with van der Waals surface area (Å²) in [5, 5.41) is 15.6. The van der Waals surface area contributed by atoms with Crippen molar-refractivity contribution in [2.45, 2.75) is 19.5 Å². The number of nitrogens with zero attached hydrogens (tertiary/aromatic N) is 4. The molecule has 0 aliphatic heterocycles. The minimum Gasteiger partial charge on any atom is -0.348 e. The van der Waals surface area contributed by atoms with Crippen LogP contribution in [-0.4, -0.2) is 26.1 Å². The van der Waals surface area contributed by atoms with Crippen LogP contribution in [0.25, 0.3) is 11.4 Å². The van der Waals surface area contributed by atoms with Gasteiger partial charge in [0.15, 0.2) is 0 Å². The van der Waals surface area contributed by atoms with E-state index >= 15 is 0 Å². The monoisotopic (exact) mass is 341 g/mol. The maximum Gasteiger partial charge on any atom is 0.244 e. The van der Waals surface area contributed by atoms with E-state index < -0.39 is 0 Å². The van der Waals surface area contributed by atoms with E-state index in [0.717, 1.165) is 11.1 Å². The molecule has 0 saturated carbocycles. The first-order valence-electron chi connectivity index (χ1n) is 7.50. The van der Waals surface area contributed by atoms with Crippen LogP contribution < -0.4 is 5.32 Å². The average molecular weight is 342 g/mol. The van der Waals surface area contributed by atoms with Crippen molar-refractivity contribution in [3.8, 4) is 11.4 Å². The van der Waals surface area contributed by atoms with Gasteiger partial charge in [-0.05, 0) is 29.8 Å². The van der Waals surface area contributed by atoms with Gasteiger partial charge < -0.3 is 5.32 Å². The molecule has 1 N–H and O–H groups in total. The number of amides is 1. The zero-order chi connectivity index (χ0) is 16.9. The molecule has 1 unspecified atom stereocenters. The summed E-state index contributed by atoms with van der Waals surface area (Å²) < 4.78 is 0. The summed E-state index contributed by atoms with van der Waals surface area (Å²) >= 11 is 5.95. The van der Waals surface area contributed by atoms with E-state index in [2.05, 4.69) is 20.7 Å². The Labute approximate surface area is 144 Å². The first kappa shape index (κ1) is 16.1. The molecular weight excluding hydrogens is 326 g/mol. The van der Waals surface area contributed by atoms with E-state index in [1.54, 1.807) is 12.1 Å². The SMILES string of the molecule is CC(NC(=O)Cn1nnc(-c2cccc(Cl)c2)n1)c1ccccc1. The number of nitrogens with one attached hydrogen (secondary N) is 1. The van der Waals surface area contributed by atoms with Gasteiger partial charge in [-0.2, -0.15) is 4.80 Å². The predicted molar refractivity (Wildman–Crippen MR) is 91.3 cm³/mol. The quantitative estimate of drug-likeness (QED) is 0.774. The third kappa shape index (κ3) is 3.97. The number of hydrogen-bond donors (Lipinski definition) is 1. The van der Waals surface area contributed by atoms with Crippen molar-refractivity contribution < 1.29 is 4.79 Å². The minimum atomic E-state index is -0.179. The summed E-state index contributed by atoms with van der Waals surface area (Å²) in [5.74, 6) is 0.253. The first-order valence-corrected chi connectivity index (χ1v) is 7.87. The molecule has 0 bridgehead atoms. The zero-order valence-corrected chi connectivity index (χ0v) is 13.8. The fourth-order valence-corrected chi connectivity index (χ4v) is 2.48. The molecule has 1 amide bonds. The molecule has 3 rings (SSSR count). The highest BCUT2D eigenvalue weighted by molar-refractivity contribution is 6.30. The van der Waals surface area contributed by atoms with Crippen molar-refractivity contribution in [1.82, 2.24) is 25.5 Å². The lowest BCUT2D eigenvalue weighted by Gasteiger charge is -2.13. The van der Waals surface area contributed by atoms with Crippen molar-refractivity contribution in [2.75, 3.05) is 0 Å². The molecule has 0 fully saturated rings. The van der Waals surface area contributed by atoms with E-state index in [-0.39, 0.29) is 18.5 Å². The van der Waals surface area contributed by atoms with Crippen LogP contribution in [0, 0.1) is 0 Å². The van der Waals surface area contributed by atoms with Gasteiger partial charge in [-0.1, -0.05) is 54.1 Å².